The molecule has 0 aromatic carbocycles. The summed E-state index contributed by atoms with van der Waals surface area (Å²) in [5, 5.41) is 0. The molecule has 3 nitrogen and oxygen atoms in total. The highest BCUT2D eigenvalue weighted by Crippen LogP contribution is 2.15. The third-order valence-electron chi connectivity index (χ3n) is 1.79. The molecule has 0 amide bonds. The molecule has 0 atom stereocenters. The molecule has 0 aliphatic carbocycles. The van der Waals surface area contributed by atoms with Crippen molar-refractivity contribution >= 4 is 8.56 Å². The molecule has 78 valence electrons. The van der Waals surface area contributed by atoms with Gasteiger partial charge in [0.25, 0.3) is 0 Å². The maximum atomic E-state index is 5.64. The minimum Gasteiger partial charge on any atom is -0.395 e. The fourth-order valence-electron chi connectivity index (χ4n) is 1.27. The lowest BCUT2D eigenvalue weighted by Crippen LogP contribution is -2.38. The SMILES string of the molecule is [CH]OCCC[Si](C)(OCC)OCC. The van der Waals surface area contributed by atoms with Crippen LogP contribution in [-0.2, 0) is 13.6 Å². The molecule has 0 saturated carbocycles. The molecule has 0 aromatic rings. The van der Waals surface area contributed by atoms with Gasteiger partial charge >= 0.3 is 8.56 Å². The number of rotatable bonds is 8. The van der Waals surface area contributed by atoms with E-state index in [-0.39, 0.29) is 0 Å². The van der Waals surface area contributed by atoms with Crippen molar-refractivity contribution in [1.29, 1.82) is 0 Å². The molecule has 0 unspecified atom stereocenters. The van der Waals surface area contributed by atoms with Gasteiger partial charge in [0, 0.05) is 19.8 Å². The Morgan fingerprint density at radius 2 is 1.69 bits per heavy atom. The molecule has 2 radical (unpaired) electrons. The monoisotopic (exact) mass is 204 g/mol. The average Bonchev–Trinajstić information content (AvgIpc) is 2.05. The first-order chi connectivity index (χ1) is 6.18. The second-order valence-corrected chi connectivity index (χ2v) is 6.32. The molecule has 4 heteroatoms. The number of ether oxygens (including phenoxy) is 1. The quantitative estimate of drug-likeness (QED) is 0.448. The summed E-state index contributed by atoms with van der Waals surface area (Å²) in [6.07, 6.45) is 0.902. The fraction of sp³-hybridized carbons (Fsp3) is 0.889. The maximum Gasteiger partial charge on any atom is 0.334 e. The van der Waals surface area contributed by atoms with Crippen molar-refractivity contribution in [2.75, 3.05) is 19.8 Å². The summed E-state index contributed by atoms with van der Waals surface area (Å²) in [6.45, 7) is 8.06. The zero-order valence-electron chi connectivity index (χ0n) is 8.84. The van der Waals surface area contributed by atoms with Gasteiger partial charge in [-0.2, -0.15) is 0 Å². The Bertz CT molecular complexity index is 113. The molecule has 0 aliphatic heterocycles. The zero-order valence-corrected chi connectivity index (χ0v) is 9.84. The van der Waals surface area contributed by atoms with Gasteiger partial charge in [0.05, 0.1) is 0 Å². The van der Waals surface area contributed by atoms with Gasteiger partial charge in [-0.25, -0.2) is 0 Å². The van der Waals surface area contributed by atoms with E-state index in [0.29, 0.717) is 19.8 Å². The Balaban J connectivity index is 3.76. The van der Waals surface area contributed by atoms with Crippen LogP contribution in [0.3, 0.4) is 0 Å². The second kappa shape index (κ2) is 7.50. The standard InChI is InChI=1S/C9H20O3Si/c1-5-11-13(4,12-6-2)9-7-8-10-3/h3H,5-9H2,1-2,4H3. The van der Waals surface area contributed by atoms with Crippen molar-refractivity contribution in [1.82, 2.24) is 0 Å². The summed E-state index contributed by atoms with van der Waals surface area (Å²) in [4.78, 5) is 0. The lowest BCUT2D eigenvalue weighted by molar-refractivity contribution is 0.181. The van der Waals surface area contributed by atoms with Crippen LogP contribution in [0.1, 0.15) is 20.3 Å². The van der Waals surface area contributed by atoms with Crippen LogP contribution in [0, 0.1) is 7.11 Å². The van der Waals surface area contributed by atoms with Gasteiger partial charge in [0.1, 0.15) is 7.11 Å². The van der Waals surface area contributed by atoms with E-state index in [4.69, 9.17) is 16.0 Å². The van der Waals surface area contributed by atoms with E-state index in [1.54, 1.807) is 0 Å². The van der Waals surface area contributed by atoms with E-state index >= 15 is 0 Å². The van der Waals surface area contributed by atoms with Crippen LogP contribution >= 0.6 is 0 Å². The molecule has 0 spiro atoms. The van der Waals surface area contributed by atoms with Crippen molar-refractivity contribution < 1.29 is 13.6 Å². The van der Waals surface area contributed by atoms with Gasteiger partial charge in [0.15, 0.2) is 0 Å². The van der Waals surface area contributed by atoms with E-state index in [0.717, 1.165) is 12.5 Å². The predicted octanol–water partition coefficient (Wildman–Crippen LogP) is 2.21. The van der Waals surface area contributed by atoms with E-state index in [9.17, 15) is 0 Å². The lowest BCUT2D eigenvalue weighted by atomic mass is 10.5. The minimum absolute atomic E-state index is 0.572. The van der Waals surface area contributed by atoms with E-state index in [1.807, 2.05) is 13.8 Å². The van der Waals surface area contributed by atoms with Gasteiger partial charge in [-0.15, -0.1) is 0 Å². The highest BCUT2D eigenvalue weighted by Gasteiger charge is 2.29. The molecule has 0 rings (SSSR count). The van der Waals surface area contributed by atoms with Crippen molar-refractivity contribution in [2.45, 2.75) is 32.9 Å². The Hall–Kier alpha value is 0.0969. The largest absolute Gasteiger partial charge is 0.395 e. The molecule has 0 N–H and O–H groups in total. The summed E-state index contributed by atoms with van der Waals surface area (Å²) in [5.74, 6) is 0. The fourth-order valence-corrected chi connectivity index (χ4v) is 3.65. The lowest BCUT2D eigenvalue weighted by Gasteiger charge is -2.25. The Kier molecular flexibility index (Phi) is 7.55. The Labute approximate surface area is 82.6 Å². The average molecular weight is 204 g/mol. The zero-order chi connectivity index (χ0) is 10.2. The predicted molar refractivity (Wildman–Crippen MR) is 54.5 cm³/mol. The van der Waals surface area contributed by atoms with Crippen LogP contribution in [0.4, 0.5) is 0 Å². The first kappa shape index (κ1) is 13.1. The van der Waals surface area contributed by atoms with Crippen molar-refractivity contribution in [2.24, 2.45) is 0 Å². The van der Waals surface area contributed by atoms with Crippen LogP contribution in [0.15, 0.2) is 0 Å². The number of hydrogen-bond acceptors (Lipinski definition) is 3. The minimum atomic E-state index is -1.92. The van der Waals surface area contributed by atoms with Crippen LogP contribution < -0.4 is 0 Å². The van der Waals surface area contributed by atoms with Crippen molar-refractivity contribution in [3.63, 3.8) is 0 Å². The van der Waals surface area contributed by atoms with Gasteiger partial charge in [0.2, 0.25) is 0 Å². The second-order valence-electron chi connectivity index (χ2n) is 2.97. The van der Waals surface area contributed by atoms with Crippen LogP contribution in [-0.4, -0.2) is 28.4 Å². The van der Waals surface area contributed by atoms with Crippen molar-refractivity contribution in [3.05, 3.63) is 7.11 Å². The molecular formula is C9H20O3Si. The third kappa shape index (κ3) is 6.21. The maximum absolute atomic E-state index is 5.64. The molecule has 0 fully saturated rings. The first-order valence-corrected chi connectivity index (χ1v) is 7.30. The summed E-state index contributed by atoms with van der Waals surface area (Å²) in [7, 11) is 3.02. The molecule has 0 heterocycles. The van der Waals surface area contributed by atoms with Crippen LogP contribution in [0.5, 0.6) is 0 Å². The van der Waals surface area contributed by atoms with Gasteiger partial charge < -0.3 is 13.6 Å². The Morgan fingerprint density at radius 3 is 2.08 bits per heavy atom. The van der Waals surface area contributed by atoms with E-state index in [2.05, 4.69) is 11.3 Å². The van der Waals surface area contributed by atoms with Crippen LogP contribution in [0.25, 0.3) is 0 Å². The topological polar surface area (TPSA) is 27.7 Å². The summed E-state index contributed by atoms with van der Waals surface area (Å²) < 4.78 is 15.8. The van der Waals surface area contributed by atoms with Gasteiger partial charge in [-0.1, -0.05) is 0 Å². The highest BCUT2D eigenvalue weighted by atomic mass is 28.4. The van der Waals surface area contributed by atoms with E-state index < -0.39 is 8.56 Å². The van der Waals surface area contributed by atoms with E-state index in [1.165, 1.54) is 0 Å². The highest BCUT2D eigenvalue weighted by molar-refractivity contribution is 6.66. The van der Waals surface area contributed by atoms with Gasteiger partial charge in [-0.05, 0) is 32.9 Å². The smallest absolute Gasteiger partial charge is 0.334 e. The molecule has 0 aliphatic rings. The number of hydrogen-bond donors (Lipinski definition) is 0. The molecule has 13 heavy (non-hydrogen) atoms. The van der Waals surface area contributed by atoms with Crippen LogP contribution in [0.2, 0.25) is 12.6 Å². The summed E-state index contributed by atoms with van der Waals surface area (Å²) in [6, 6.07) is 0.936. The third-order valence-corrected chi connectivity index (χ3v) is 4.85. The normalized spacial score (nSPS) is 12.0. The first-order valence-electron chi connectivity index (χ1n) is 4.78. The molecular weight excluding hydrogens is 184 g/mol. The summed E-state index contributed by atoms with van der Waals surface area (Å²) in [5.41, 5.74) is 0. The van der Waals surface area contributed by atoms with Gasteiger partial charge in [-0.3, -0.25) is 0 Å². The molecule has 0 bridgehead atoms. The molecule has 0 saturated heterocycles. The Morgan fingerprint density at radius 1 is 1.15 bits per heavy atom. The molecule has 0 aromatic heterocycles. The van der Waals surface area contributed by atoms with Crippen molar-refractivity contribution in [3.8, 4) is 0 Å². The summed E-state index contributed by atoms with van der Waals surface area (Å²) >= 11 is 0.